The van der Waals surface area contributed by atoms with Gasteiger partial charge in [0.05, 0.1) is 5.69 Å². The molecule has 5 rings (SSSR count). The van der Waals surface area contributed by atoms with E-state index in [0.717, 1.165) is 22.6 Å². The average Bonchev–Trinajstić information content (AvgIpc) is 3.44. The van der Waals surface area contributed by atoms with Gasteiger partial charge in [0.15, 0.2) is 0 Å². The van der Waals surface area contributed by atoms with Crippen LogP contribution in [-0.2, 0) is 0 Å². The summed E-state index contributed by atoms with van der Waals surface area (Å²) >= 11 is 0. The highest BCUT2D eigenvalue weighted by atomic mass is 16.5. The van der Waals surface area contributed by atoms with Gasteiger partial charge in [0.1, 0.15) is 34.6 Å². The molecule has 35 heavy (non-hydrogen) atoms. The second-order valence-corrected chi connectivity index (χ2v) is 7.87. The fraction of sp³-hybridized carbons (Fsp3) is 0.0370. The van der Waals surface area contributed by atoms with Crippen molar-refractivity contribution in [2.24, 2.45) is 5.73 Å². The van der Waals surface area contributed by atoms with Gasteiger partial charge in [-0.1, -0.05) is 36.9 Å². The lowest BCUT2D eigenvalue weighted by Gasteiger charge is -2.10. The molecule has 1 amide bonds. The Morgan fingerprint density at radius 2 is 1.80 bits per heavy atom. The summed E-state index contributed by atoms with van der Waals surface area (Å²) in [6.45, 7) is 3.57. The predicted molar refractivity (Wildman–Crippen MR) is 135 cm³/mol. The van der Waals surface area contributed by atoms with Gasteiger partial charge < -0.3 is 25.9 Å². The van der Waals surface area contributed by atoms with Crippen LogP contribution in [0.3, 0.4) is 0 Å². The third-order valence-corrected chi connectivity index (χ3v) is 5.51. The Morgan fingerprint density at radius 3 is 2.51 bits per heavy atom. The number of imidazole rings is 1. The number of fused-ring (bicyclic) bond motifs is 1. The maximum absolute atomic E-state index is 12.4. The number of para-hydroxylation sites is 1. The standard InChI is InChI=1S/C27H23N5O3/c1-2-23(33)30-19-8-6-7-18(15-19)22-16-29-27-24(26(28)34)25(31-32(22)27)17-11-13-21(14-12-17)35-20-9-4-3-5-10-20/h2-16,23,29-30,33H,1H2,(H2,28,34). The summed E-state index contributed by atoms with van der Waals surface area (Å²) in [5.74, 6) is 0.810. The molecular formula is C27H23N5O3. The van der Waals surface area contributed by atoms with E-state index in [0.29, 0.717) is 28.3 Å². The monoisotopic (exact) mass is 465 g/mol. The minimum absolute atomic E-state index is 0.296. The van der Waals surface area contributed by atoms with E-state index in [4.69, 9.17) is 15.6 Å². The number of aromatic nitrogens is 3. The summed E-state index contributed by atoms with van der Waals surface area (Å²) in [6, 6.07) is 24.3. The Labute approximate surface area is 201 Å². The van der Waals surface area contributed by atoms with E-state index in [1.807, 2.05) is 78.9 Å². The third-order valence-electron chi connectivity index (χ3n) is 5.51. The Kier molecular flexibility index (Phi) is 5.78. The second-order valence-electron chi connectivity index (χ2n) is 7.87. The third kappa shape index (κ3) is 4.38. The number of aliphatic hydroxyl groups excluding tert-OH is 1. The number of benzene rings is 3. The first kappa shape index (κ1) is 22.0. The first-order valence-electron chi connectivity index (χ1n) is 10.9. The van der Waals surface area contributed by atoms with Gasteiger partial charge in [0.25, 0.3) is 5.91 Å². The van der Waals surface area contributed by atoms with E-state index in [9.17, 15) is 9.90 Å². The van der Waals surface area contributed by atoms with Crippen LogP contribution in [0.25, 0.3) is 28.2 Å². The number of primary amides is 1. The van der Waals surface area contributed by atoms with Gasteiger partial charge in [-0.2, -0.15) is 5.10 Å². The Hall–Kier alpha value is -4.82. The lowest BCUT2D eigenvalue weighted by molar-refractivity contribution is 0.100. The summed E-state index contributed by atoms with van der Waals surface area (Å²) in [5.41, 5.74) is 10.0. The zero-order valence-electron chi connectivity index (χ0n) is 18.7. The number of anilines is 1. The van der Waals surface area contributed by atoms with Gasteiger partial charge in [-0.05, 0) is 54.6 Å². The molecule has 8 nitrogen and oxygen atoms in total. The number of nitrogens with zero attached hydrogens (tertiary/aromatic N) is 2. The molecule has 0 spiro atoms. The number of hydrogen-bond acceptors (Lipinski definition) is 5. The van der Waals surface area contributed by atoms with Gasteiger partial charge in [-0.15, -0.1) is 0 Å². The number of hydrogen-bond donors (Lipinski definition) is 4. The summed E-state index contributed by atoms with van der Waals surface area (Å²) < 4.78 is 7.52. The van der Waals surface area contributed by atoms with Crippen molar-refractivity contribution in [1.29, 1.82) is 0 Å². The Balaban J connectivity index is 1.52. The number of nitrogens with two attached hydrogens (primary N) is 1. The summed E-state index contributed by atoms with van der Waals surface area (Å²) in [4.78, 5) is 15.5. The molecule has 5 N–H and O–H groups in total. The van der Waals surface area contributed by atoms with E-state index in [1.165, 1.54) is 6.08 Å². The number of nitrogens with one attached hydrogen (secondary N) is 2. The van der Waals surface area contributed by atoms with Crippen LogP contribution in [0.4, 0.5) is 5.69 Å². The highest BCUT2D eigenvalue weighted by Crippen LogP contribution is 2.32. The second kappa shape index (κ2) is 9.20. The quantitative estimate of drug-likeness (QED) is 0.194. The van der Waals surface area contributed by atoms with Crippen molar-refractivity contribution in [3.8, 4) is 34.0 Å². The Bertz CT molecular complexity index is 1500. The lowest BCUT2D eigenvalue weighted by Crippen LogP contribution is -2.14. The van der Waals surface area contributed by atoms with Crippen molar-refractivity contribution in [3.05, 3.63) is 103 Å². The zero-order valence-corrected chi connectivity index (χ0v) is 18.7. The van der Waals surface area contributed by atoms with Crippen molar-refractivity contribution < 1.29 is 14.6 Å². The molecule has 0 aliphatic rings. The minimum atomic E-state index is -0.872. The van der Waals surface area contributed by atoms with Crippen LogP contribution >= 0.6 is 0 Å². The van der Waals surface area contributed by atoms with Crippen molar-refractivity contribution in [1.82, 2.24) is 14.6 Å². The highest BCUT2D eigenvalue weighted by molar-refractivity contribution is 6.05. The van der Waals surface area contributed by atoms with Crippen molar-refractivity contribution in [2.75, 3.05) is 5.32 Å². The molecule has 3 aromatic carbocycles. The van der Waals surface area contributed by atoms with Crippen LogP contribution < -0.4 is 15.8 Å². The van der Waals surface area contributed by atoms with Crippen LogP contribution in [-0.4, -0.2) is 31.8 Å². The number of H-pyrrole nitrogens is 1. The molecule has 0 radical (unpaired) electrons. The summed E-state index contributed by atoms with van der Waals surface area (Å²) in [7, 11) is 0. The SMILES string of the molecule is C=CC(O)Nc1cccc(-c2c[nH]c3c(C(N)=O)c(-c4ccc(Oc5ccccc5)cc4)nn23)c1. The number of ether oxygens (including phenoxy) is 1. The molecule has 2 heterocycles. The number of rotatable bonds is 8. The number of aliphatic hydroxyl groups is 1. The van der Waals surface area contributed by atoms with Crippen LogP contribution in [0.5, 0.6) is 11.5 Å². The maximum Gasteiger partial charge on any atom is 0.254 e. The van der Waals surface area contributed by atoms with Crippen molar-refractivity contribution >= 4 is 17.2 Å². The lowest BCUT2D eigenvalue weighted by atomic mass is 10.1. The van der Waals surface area contributed by atoms with Crippen LogP contribution in [0, 0.1) is 0 Å². The topological polar surface area (TPSA) is 118 Å². The number of aromatic amines is 1. The van der Waals surface area contributed by atoms with Crippen molar-refractivity contribution in [3.63, 3.8) is 0 Å². The van der Waals surface area contributed by atoms with E-state index in [2.05, 4.69) is 16.9 Å². The van der Waals surface area contributed by atoms with Gasteiger partial charge in [0.2, 0.25) is 0 Å². The molecule has 174 valence electrons. The largest absolute Gasteiger partial charge is 0.457 e. The number of amides is 1. The predicted octanol–water partition coefficient (Wildman–Crippen LogP) is 4.80. The molecule has 1 atom stereocenters. The highest BCUT2D eigenvalue weighted by Gasteiger charge is 2.22. The van der Waals surface area contributed by atoms with Crippen LogP contribution in [0.2, 0.25) is 0 Å². The van der Waals surface area contributed by atoms with Gasteiger partial charge in [-0.25, -0.2) is 4.52 Å². The molecule has 1 unspecified atom stereocenters. The van der Waals surface area contributed by atoms with E-state index >= 15 is 0 Å². The van der Waals surface area contributed by atoms with Crippen LogP contribution in [0.1, 0.15) is 10.4 Å². The van der Waals surface area contributed by atoms with E-state index < -0.39 is 12.1 Å². The van der Waals surface area contributed by atoms with Gasteiger partial charge >= 0.3 is 0 Å². The van der Waals surface area contributed by atoms with E-state index in [-0.39, 0.29) is 0 Å². The molecule has 0 saturated heterocycles. The molecule has 2 aromatic heterocycles. The normalized spacial score (nSPS) is 11.8. The van der Waals surface area contributed by atoms with Crippen molar-refractivity contribution in [2.45, 2.75) is 6.23 Å². The van der Waals surface area contributed by atoms with Crippen LogP contribution in [0.15, 0.2) is 97.7 Å². The average molecular weight is 466 g/mol. The first-order chi connectivity index (χ1) is 17.0. The first-order valence-corrected chi connectivity index (χ1v) is 10.9. The summed E-state index contributed by atoms with van der Waals surface area (Å²) in [5, 5.41) is 17.5. The zero-order chi connectivity index (χ0) is 24.4. The molecule has 0 aliphatic heterocycles. The fourth-order valence-corrected chi connectivity index (χ4v) is 3.87. The maximum atomic E-state index is 12.4. The smallest absolute Gasteiger partial charge is 0.254 e. The minimum Gasteiger partial charge on any atom is -0.457 e. The Morgan fingerprint density at radius 1 is 1.06 bits per heavy atom. The fourth-order valence-electron chi connectivity index (χ4n) is 3.87. The molecule has 0 saturated carbocycles. The molecule has 0 fully saturated rings. The molecule has 0 aliphatic carbocycles. The molecular weight excluding hydrogens is 442 g/mol. The number of carbonyl (C=O) groups is 1. The summed E-state index contributed by atoms with van der Waals surface area (Å²) in [6.07, 6.45) is 2.29. The van der Waals surface area contributed by atoms with E-state index in [1.54, 1.807) is 10.7 Å². The number of carbonyl (C=O) groups excluding carboxylic acids is 1. The molecule has 5 aromatic rings. The van der Waals surface area contributed by atoms with Gasteiger partial charge in [-0.3, -0.25) is 4.79 Å². The van der Waals surface area contributed by atoms with Gasteiger partial charge in [0, 0.05) is 23.0 Å². The molecule has 8 heteroatoms. The molecule has 0 bridgehead atoms.